The normalized spacial score (nSPS) is 9.41. The Balaban J connectivity index is 3.13. The van der Waals surface area contributed by atoms with E-state index in [1.165, 1.54) is 6.07 Å². The lowest BCUT2D eigenvalue weighted by molar-refractivity contribution is 0.112. The molecule has 0 unspecified atom stereocenters. The summed E-state index contributed by atoms with van der Waals surface area (Å²) in [6.07, 6.45) is 2.40. The fourth-order valence-corrected chi connectivity index (χ4v) is 1.58. The van der Waals surface area contributed by atoms with Crippen molar-refractivity contribution in [2.45, 2.75) is 0 Å². The molecule has 1 aromatic rings. The van der Waals surface area contributed by atoms with Crippen LogP contribution in [0.4, 0.5) is 5.69 Å². The van der Waals surface area contributed by atoms with Crippen LogP contribution in [-0.2, 0) is 0 Å². The van der Waals surface area contributed by atoms with Crippen molar-refractivity contribution in [2.75, 3.05) is 24.6 Å². The Morgan fingerprint density at radius 1 is 1.53 bits per heavy atom. The first-order valence-corrected chi connectivity index (χ1v) is 5.22. The molecule has 0 saturated heterocycles. The monoisotopic (exact) mass is 230 g/mol. The summed E-state index contributed by atoms with van der Waals surface area (Å²) < 4.78 is 0. The van der Waals surface area contributed by atoms with E-state index in [-0.39, 0.29) is 6.61 Å². The molecule has 4 heteroatoms. The van der Waals surface area contributed by atoms with Crippen molar-refractivity contribution in [2.24, 2.45) is 0 Å². The van der Waals surface area contributed by atoms with Gasteiger partial charge in [-0.1, -0.05) is 6.08 Å². The number of carbonyl (C=O) groups is 1. The highest BCUT2D eigenvalue weighted by Gasteiger charge is 2.10. The number of aliphatic hydroxyl groups is 1. The zero-order valence-electron chi connectivity index (χ0n) is 9.47. The standard InChI is InChI=1S/C13H14N2O2/c1-2-5-15(6-7-16)13-4-3-11(10-17)8-12(13)9-14/h2-4,8,10,16H,1,5-7H2. The van der Waals surface area contributed by atoms with Crippen molar-refractivity contribution in [1.82, 2.24) is 0 Å². The maximum Gasteiger partial charge on any atom is 0.150 e. The third kappa shape index (κ3) is 3.16. The van der Waals surface area contributed by atoms with Crippen LogP contribution in [0.3, 0.4) is 0 Å². The maximum absolute atomic E-state index is 10.6. The van der Waals surface area contributed by atoms with Gasteiger partial charge in [-0.05, 0) is 18.2 Å². The number of rotatable bonds is 6. The van der Waals surface area contributed by atoms with Crippen molar-refractivity contribution in [1.29, 1.82) is 5.26 Å². The van der Waals surface area contributed by atoms with E-state index in [0.29, 0.717) is 36.2 Å². The van der Waals surface area contributed by atoms with Gasteiger partial charge in [-0.25, -0.2) is 0 Å². The summed E-state index contributed by atoms with van der Waals surface area (Å²) >= 11 is 0. The van der Waals surface area contributed by atoms with Gasteiger partial charge >= 0.3 is 0 Å². The van der Waals surface area contributed by atoms with Crippen LogP contribution >= 0.6 is 0 Å². The Morgan fingerprint density at radius 3 is 2.82 bits per heavy atom. The molecule has 0 aliphatic carbocycles. The molecule has 0 saturated carbocycles. The number of anilines is 1. The maximum atomic E-state index is 10.6. The smallest absolute Gasteiger partial charge is 0.150 e. The third-order valence-corrected chi connectivity index (χ3v) is 2.34. The lowest BCUT2D eigenvalue weighted by atomic mass is 10.1. The van der Waals surface area contributed by atoms with Crippen LogP contribution in [0.15, 0.2) is 30.9 Å². The summed E-state index contributed by atoms with van der Waals surface area (Å²) in [4.78, 5) is 12.5. The van der Waals surface area contributed by atoms with Gasteiger partial charge in [0.15, 0.2) is 0 Å². The van der Waals surface area contributed by atoms with Gasteiger partial charge in [-0.2, -0.15) is 5.26 Å². The fraction of sp³-hybridized carbons (Fsp3) is 0.231. The molecule has 0 aliphatic rings. The SMILES string of the molecule is C=CCN(CCO)c1ccc(C=O)cc1C#N. The van der Waals surface area contributed by atoms with Crippen molar-refractivity contribution in [3.05, 3.63) is 42.0 Å². The van der Waals surface area contributed by atoms with E-state index >= 15 is 0 Å². The molecule has 17 heavy (non-hydrogen) atoms. The van der Waals surface area contributed by atoms with Gasteiger partial charge in [0.1, 0.15) is 12.4 Å². The predicted octanol–water partition coefficient (Wildman–Crippen LogP) is 1.36. The van der Waals surface area contributed by atoms with Gasteiger partial charge in [-0.15, -0.1) is 6.58 Å². The lowest BCUT2D eigenvalue weighted by Crippen LogP contribution is -2.27. The predicted molar refractivity (Wildman–Crippen MR) is 66.0 cm³/mol. The molecule has 4 nitrogen and oxygen atoms in total. The molecule has 0 amide bonds. The summed E-state index contributed by atoms with van der Waals surface area (Å²) in [5.41, 5.74) is 1.59. The second-order valence-electron chi connectivity index (χ2n) is 3.46. The van der Waals surface area contributed by atoms with Crippen LogP contribution in [0.1, 0.15) is 15.9 Å². The van der Waals surface area contributed by atoms with Crippen LogP contribution in [0.25, 0.3) is 0 Å². The van der Waals surface area contributed by atoms with Crippen LogP contribution in [0.2, 0.25) is 0 Å². The van der Waals surface area contributed by atoms with Crippen molar-refractivity contribution >= 4 is 12.0 Å². The second-order valence-corrected chi connectivity index (χ2v) is 3.46. The van der Waals surface area contributed by atoms with E-state index in [4.69, 9.17) is 10.4 Å². The third-order valence-electron chi connectivity index (χ3n) is 2.34. The molecule has 0 atom stereocenters. The Hall–Kier alpha value is -2.12. The van der Waals surface area contributed by atoms with Crippen molar-refractivity contribution in [3.8, 4) is 6.07 Å². The van der Waals surface area contributed by atoms with E-state index < -0.39 is 0 Å². The first kappa shape index (κ1) is 12.9. The Labute approximate surface area is 100 Å². The van der Waals surface area contributed by atoms with Gasteiger partial charge < -0.3 is 10.0 Å². The van der Waals surface area contributed by atoms with Gasteiger partial charge in [0.05, 0.1) is 17.9 Å². The van der Waals surface area contributed by atoms with E-state index in [1.54, 1.807) is 18.2 Å². The summed E-state index contributed by atoms with van der Waals surface area (Å²) in [5.74, 6) is 0. The molecular formula is C13H14N2O2. The number of hydrogen-bond acceptors (Lipinski definition) is 4. The van der Waals surface area contributed by atoms with Crippen LogP contribution in [0.5, 0.6) is 0 Å². The van der Waals surface area contributed by atoms with E-state index in [2.05, 4.69) is 12.6 Å². The molecule has 0 aliphatic heterocycles. The number of nitrogens with zero attached hydrogens (tertiary/aromatic N) is 2. The largest absolute Gasteiger partial charge is 0.395 e. The molecule has 88 valence electrons. The van der Waals surface area contributed by atoms with Gasteiger partial charge in [-0.3, -0.25) is 4.79 Å². The highest BCUT2D eigenvalue weighted by molar-refractivity contribution is 5.78. The molecule has 0 radical (unpaired) electrons. The zero-order valence-corrected chi connectivity index (χ0v) is 9.47. The fourth-order valence-electron chi connectivity index (χ4n) is 1.58. The minimum Gasteiger partial charge on any atom is -0.395 e. The molecule has 1 rings (SSSR count). The summed E-state index contributed by atoms with van der Waals surface area (Å²) in [6.45, 7) is 4.58. The summed E-state index contributed by atoms with van der Waals surface area (Å²) in [6, 6.07) is 6.95. The number of carbonyl (C=O) groups excluding carboxylic acids is 1. The van der Waals surface area contributed by atoms with Crippen molar-refractivity contribution < 1.29 is 9.90 Å². The minimum absolute atomic E-state index is 0.00581. The lowest BCUT2D eigenvalue weighted by Gasteiger charge is -2.23. The molecule has 1 aromatic carbocycles. The number of benzene rings is 1. The Morgan fingerprint density at radius 2 is 2.29 bits per heavy atom. The highest BCUT2D eigenvalue weighted by Crippen LogP contribution is 2.20. The van der Waals surface area contributed by atoms with Gasteiger partial charge in [0, 0.05) is 18.7 Å². The molecule has 0 aromatic heterocycles. The van der Waals surface area contributed by atoms with E-state index in [9.17, 15) is 4.79 Å². The van der Waals surface area contributed by atoms with Gasteiger partial charge in [0.2, 0.25) is 0 Å². The van der Waals surface area contributed by atoms with E-state index in [0.717, 1.165) is 0 Å². The van der Waals surface area contributed by atoms with Crippen LogP contribution in [0, 0.1) is 11.3 Å². The molecule has 0 fully saturated rings. The topological polar surface area (TPSA) is 64.3 Å². The second kappa shape index (κ2) is 6.46. The van der Waals surface area contributed by atoms with Crippen molar-refractivity contribution in [3.63, 3.8) is 0 Å². The minimum atomic E-state index is -0.00581. The highest BCUT2D eigenvalue weighted by atomic mass is 16.3. The summed E-state index contributed by atoms with van der Waals surface area (Å²) in [5, 5.41) is 18.0. The average molecular weight is 230 g/mol. The number of hydrogen-bond donors (Lipinski definition) is 1. The number of aliphatic hydroxyl groups excluding tert-OH is 1. The Bertz CT molecular complexity index is 449. The zero-order chi connectivity index (χ0) is 12.7. The first-order chi connectivity index (χ1) is 8.26. The molecule has 0 bridgehead atoms. The van der Waals surface area contributed by atoms with Crippen LogP contribution in [-0.4, -0.2) is 31.1 Å². The molecular weight excluding hydrogens is 216 g/mol. The van der Waals surface area contributed by atoms with Gasteiger partial charge in [0.25, 0.3) is 0 Å². The first-order valence-electron chi connectivity index (χ1n) is 5.22. The van der Waals surface area contributed by atoms with Crippen LogP contribution < -0.4 is 4.90 Å². The molecule has 1 N–H and O–H groups in total. The summed E-state index contributed by atoms with van der Waals surface area (Å²) in [7, 11) is 0. The molecule has 0 spiro atoms. The average Bonchev–Trinajstić information content (AvgIpc) is 2.37. The number of nitriles is 1. The number of aldehydes is 1. The quantitative estimate of drug-likeness (QED) is 0.592. The Kier molecular flexibility index (Phi) is 4.92. The van der Waals surface area contributed by atoms with E-state index in [1.807, 2.05) is 4.90 Å². The molecule has 0 heterocycles.